The van der Waals surface area contributed by atoms with Crippen LogP contribution in [0.1, 0.15) is 35.1 Å². The fourth-order valence-corrected chi connectivity index (χ4v) is 5.46. The number of hydrogen-bond donors (Lipinski definition) is 2. The van der Waals surface area contributed by atoms with E-state index >= 15 is 0 Å². The third-order valence-corrected chi connectivity index (χ3v) is 6.77. The first-order valence-corrected chi connectivity index (χ1v) is 9.84. The molecule has 1 fully saturated rings. The lowest BCUT2D eigenvalue weighted by atomic mass is 9.82. The van der Waals surface area contributed by atoms with E-state index in [2.05, 4.69) is 17.1 Å². The molecule has 0 aliphatic carbocycles. The summed E-state index contributed by atoms with van der Waals surface area (Å²) in [4.78, 5) is 15.5. The van der Waals surface area contributed by atoms with Crippen LogP contribution >= 0.6 is 11.3 Å². The van der Waals surface area contributed by atoms with E-state index in [0.29, 0.717) is 13.2 Å². The fraction of sp³-hybridized carbons (Fsp3) is 0.722. The molecule has 26 heavy (non-hydrogen) atoms. The molecule has 1 amide bonds. The molecule has 3 rings (SSSR count). The highest BCUT2D eigenvalue weighted by Crippen LogP contribution is 2.47. The molecule has 3 heterocycles. The van der Waals surface area contributed by atoms with Crippen molar-refractivity contribution in [2.24, 2.45) is 0 Å². The highest BCUT2D eigenvalue weighted by atomic mass is 32.1. The molecule has 3 atom stereocenters. The van der Waals surface area contributed by atoms with Crippen LogP contribution in [0.2, 0.25) is 0 Å². The molecule has 2 aliphatic rings. The molecule has 0 unspecified atom stereocenters. The Morgan fingerprint density at radius 1 is 1.58 bits per heavy atom. The number of aliphatic hydroxyl groups is 1. The van der Waals surface area contributed by atoms with Crippen LogP contribution in [-0.4, -0.2) is 61.2 Å². The van der Waals surface area contributed by atoms with Gasteiger partial charge in [-0.15, -0.1) is 11.3 Å². The van der Waals surface area contributed by atoms with Gasteiger partial charge in [0.25, 0.3) is 0 Å². The van der Waals surface area contributed by atoms with Gasteiger partial charge in [-0.25, -0.2) is 8.78 Å². The summed E-state index contributed by atoms with van der Waals surface area (Å²) in [6, 6.07) is 2.04. The first-order valence-electron chi connectivity index (χ1n) is 9.02. The van der Waals surface area contributed by atoms with Gasteiger partial charge in [0.15, 0.2) is 0 Å². The molecule has 1 saturated heterocycles. The van der Waals surface area contributed by atoms with Crippen LogP contribution in [-0.2, 0) is 28.0 Å². The van der Waals surface area contributed by atoms with Gasteiger partial charge in [-0.05, 0) is 37.8 Å². The maximum Gasteiger partial charge on any atom is 0.249 e. The molecule has 2 N–H and O–H groups in total. The molecule has 2 aliphatic heterocycles. The summed E-state index contributed by atoms with van der Waals surface area (Å²) >= 11 is 1.46. The zero-order valence-electron chi connectivity index (χ0n) is 15.1. The number of carbonyl (C=O) groups excluding carboxylic acids is 1. The molecular weight excluding hydrogens is 362 g/mol. The smallest absolute Gasteiger partial charge is 0.249 e. The largest absolute Gasteiger partial charge is 0.382 e. The van der Waals surface area contributed by atoms with E-state index in [1.807, 2.05) is 6.07 Å². The Hall–Kier alpha value is -1.09. The molecule has 0 saturated carbocycles. The minimum Gasteiger partial charge on any atom is -0.382 e. The average Bonchev–Trinajstić information content (AvgIpc) is 3.00. The zero-order valence-corrected chi connectivity index (χ0v) is 16.0. The third-order valence-electron chi connectivity index (χ3n) is 5.39. The van der Waals surface area contributed by atoms with Crippen LogP contribution in [0.5, 0.6) is 0 Å². The number of fused-ring (bicyclic) bond motifs is 2. The van der Waals surface area contributed by atoms with Gasteiger partial charge >= 0.3 is 0 Å². The summed E-state index contributed by atoms with van der Waals surface area (Å²) in [6.07, 6.45) is -1.36. The van der Waals surface area contributed by atoms with E-state index < -0.39 is 18.1 Å². The van der Waals surface area contributed by atoms with E-state index in [4.69, 9.17) is 4.74 Å². The number of ether oxygens (including phenoxy) is 1. The second-order valence-electron chi connectivity index (χ2n) is 7.18. The van der Waals surface area contributed by atoms with Gasteiger partial charge in [0, 0.05) is 42.4 Å². The first kappa shape index (κ1) is 19.7. The third kappa shape index (κ3) is 3.93. The Kier molecular flexibility index (Phi) is 5.96. The van der Waals surface area contributed by atoms with Gasteiger partial charge in [-0.2, -0.15) is 0 Å². The maximum absolute atomic E-state index is 12.8. The van der Waals surface area contributed by atoms with Crippen molar-refractivity contribution in [2.75, 3.05) is 26.7 Å². The van der Waals surface area contributed by atoms with Crippen molar-refractivity contribution in [2.45, 2.75) is 56.8 Å². The zero-order chi connectivity index (χ0) is 18.9. The molecule has 0 bridgehead atoms. The first-order chi connectivity index (χ1) is 12.3. The van der Waals surface area contributed by atoms with E-state index in [9.17, 15) is 18.7 Å². The minimum absolute atomic E-state index is 0.120. The number of nitrogens with one attached hydrogen (secondary N) is 1. The van der Waals surface area contributed by atoms with Crippen molar-refractivity contribution in [1.82, 2.24) is 10.2 Å². The number of rotatable bonds is 5. The molecule has 8 heteroatoms. The van der Waals surface area contributed by atoms with Crippen LogP contribution in [0.4, 0.5) is 8.78 Å². The van der Waals surface area contributed by atoms with Crippen LogP contribution < -0.4 is 5.32 Å². The number of halogens is 2. The second-order valence-corrected chi connectivity index (χ2v) is 8.32. The number of alkyl halides is 2. The Labute approximate surface area is 156 Å². The van der Waals surface area contributed by atoms with Crippen molar-refractivity contribution >= 4 is 17.2 Å². The van der Waals surface area contributed by atoms with Crippen molar-refractivity contribution in [1.29, 1.82) is 0 Å². The number of β-amino-alcohol motifs (C(OH)–C–C–N with tert-alkyl or cyclic N) is 1. The molecular formula is C18H26F2N2O3S. The summed E-state index contributed by atoms with van der Waals surface area (Å²) in [5.41, 5.74) is 0.718. The Morgan fingerprint density at radius 3 is 3.00 bits per heavy atom. The lowest BCUT2D eigenvalue weighted by molar-refractivity contribution is -0.133. The van der Waals surface area contributed by atoms with Gasteiger partial charge in [-0.1, -0.05) is 0 Å². The maximum atomic E-state index is 12.8. The number of thiophene rings is 1. The molecule has 1 aromatic rings. The molecule has 146 valence electrons. The highest BCUT2D eigenvalue weighted by Gasteiger charge is 2.45. The summed E-state index contributed by atoms with van der Waals surface area (Å²) in [5, 5.41) is 12.4. The van der Waals surface area contributed by atoms with Crippen molar-refractivity contribution in [3.63, 3.8) is 0 Å². The van der Waals surface area contributed by atoms with Crippen molar-refractivity contribution < 1.29 is 23.4 Å². The van der Waals surface area contributed by atoms with Gasteiger partial charge in [0.05, 0.1) is 6.61 Å². The normalized spacial score (nSPS) is 27.5. The number of hydrogen-bond acceptors (Lipinski definition) is 5. The molecule has 5 nitrogen and oxygen atoms in total. The number of likely N-dealkylation sites (tertiary alicyclic amines) is 1. The lowest BCUT2D eigenvalue weighted by Gasteiger charge is -2.47. The van der Waals surface area contributed by atoms with Crippen molar-refractivity contribution in [3.05, 3.63) is 21.4 Å². The van der Waals surface area contributed by atoms with Crippen LogP contribution in [0.15, 0.2) is 6.07 Å². The van der Waals surface area contributed by atoms with Gasteiger partial charge in [-0.3, -0.25) is 9.69 Å². The lowest BCUT2D eigenvalue weighted by Crippen LogP contribution is -2.53. The predicted molar refractivity (Wildman–Crippen MR) is 95.7 cm³/mol. The number of carbonyl (C=O) groups is 1. The highest BCUT2D eigenvalue weighted by molar-refractivity contribution is 7.12. The summed E-state index contributed by atoms with van der Waals surface area (Å²) in [6.45, 7) is 3.63. The monoisotopic (exact) mass is 388 g/mol. The van der Waals surface area contributed by atoms with E-state index in [1.165, 1.54) is 18.4 Å². The summed E-state index contributed by atoms with van der Waals surface area (Å²) in [7, 11) is 1.51. The Morgan fingerprint density at radius 2 is 2.35 bits per heavy atom. The second kappa shape index (κ2) is 7.88. The van der Waals surface area contributed by atoms with Crippen LogP contribution in [0.3, 0.4) is 0 Å². The fourth-order valence-electron chi connectivity index (χ4n) is 4.07. The number of amides is 1. The van der Waals surface area contributed by atoms with E-state index in [-0.39, 0.29) is 24.9 Å². The van der Waals surface area contributed by atoms with Gasteiger partial charge in [0.2, 0.25) is 12.3 Å². The molecule has 0 radical (unpaired) electrons. The number of aliphatic hydroxyl groups excluding tert-OH is 1. The summed E-state index contributed by atoms with van der Waals surface area (Å²) in [5.74, 6) is -0.386. The van der Waals surface area contributed by atoms with Crippen molar-refractivity contribution in [3.8, 4) is 0 Å². The van der Waals surface area contributed by atoms with E-state index in [0.717, 1.165) is 34.6 Å². The van der Waals surface area contributed by atoms with Gasteiger partial charge < -0.3 is 15.2 Å². The number of likely N-dealkylation sites (N-methyl/N-ethyl adjacent to an activating group) is 1. The number of piperidine rings is 1. The standard InChI is InChI=1S/C18H26F2N2O3S/c1-11-9-18(4-5-22(11)10-14(23)17(24)21-2)16-12(3-6-25-18)7-13(26-16)8-15(19)20/h7,11,14-15,23H,3-6,8-10H2,1-2H3,(H,21,24)/t11-,14-,18+/m0/s1. The molecule has 1 aromatic heterocycles. The quantitative estimate of drug-likeness (QED) is 0.809. The molecule has 0 aromatic carbocycles. The predicted octanol–water partition coefficient (Wildman–Crippen LogP) is 1.91. The molecule has 1 spiro atoms. The topological polar surface area (TPSA) is 61.8 Å². The summed E-state index contributed by atoms with van der Waals surface area (Å²) < 4.78 is 31.7. The van der Waals surface area contributed by atoms with E-state index in [1.54, 1.807) is 0 Å². The minimum atomic E-state index is -2.33. The Bertz CT molecular complexity index is 654. The van der Waals surface area contributed by atoms with Crippen LogP contribution in [0.25, 0.3) is 0 Å². The van der Waals surface area contributed by atoms with Crippen LogP contribution in [0, 0.1) is 0 Å². The number of nitrogens with zero attached hydrogens (tertiary/aromatic N) is 1. The average molecular weight is 388 g/mol. The SMILES string of the molecule is CNC(=O)[C@@H](O)CN1CC[C@]2(C[C@@H]1C)OCCc1cc(CC(F)F)sc12. The van der Waals surface area contributed by atoms with Gasteiger partial charge in [0.1, 0.15) is 11.7 Å². The Balaban J connectivity index is 1.74.